The van der Waals surface area contributed by atoms with E-state index in [0.29, 0.717) is 11.2 Å². The lowest BCUT2D eigenvalue weighted by atomic mass is 10.0. The Balaban J connectivity index is 2.08. The fraction of sp³-hybridized carbons (Fsp3) is 0.692. The van der Waals surface area contributed by atoms with Crippen molar-refractivity contribution < 1.29 is 0 Å². The lowest BCUT2D eigenvalue weighted by Crippen LogP contribution is -2.38. The van der Waals surface area contributed by atoms with Gasteiger partial charge >= 0.3 is 0 Å². The molecular weight excluding hydrogens is 234 g/mol. The molecule has 1 unspecified atom stereocenters. The number of hydrogen-bond donors (Lipinski definition) is 0. The van der Waals surface area contributed by atoms with Crippen LogP contribution in [-0.2, 0) is 6.54 Å². The molecule has 2 heterocycles. The minimum absolute atomic E-state index is 0.553. The molecule has 0 bridgehead atoms. The summed E-state index contributed by atoms with van der Waals surface area (Å²) in [6.07, 6.45) is 5.15. The van der Waals surface area contributed by atoms with E-state index in [4.69, 9.17) is 11.6 Å². The molecule has 1 atom stereocenters. The Kier molecular flexibility index (Phi) is 4.35. The van der Waals surface area contributed by atoms with Crippen molar-refractivity contribution in [2.24, 2.45) is 0 Å². The number of halogens is 1. The molecule has 0 spiro atoms. The fourth-order valence-electron chi connectivity index (χ4n) is 2.57. The van der Waals surface area contributed by atoms with Crippen LogP contribution in [0.15, 0.2) is 6.07 Å². The van der Waals surface area contributed by atoms with Crippen LogP contribution in [0, 0.1) is 6.92 Å². The second-order valence-electron chi connectivity index (χ2n) is 4.78. The van der Waals surface area contributed by atoms with Crippen LogP contribution in [0.4, 0.5) is 0 Å². The first-order valence-corrected chi connectivity index (χ1v) is 6.81. The molecule has 2 rings (SSSR count). The maximum absolute atomic E-state index is 5.97. The molecule has 1 aliphatic heterocycles. The van der Waals surface area contributed by atoms with Crippen LogP contribution in [0.25, 0.3) is 0 Å². The van der Waals surface area contributed by atoms with E-state index in [1.54, 1.807) is 6.07 Å². The summed E-state index contributed by atoms with van der Waals surface area (Å²) in [5.74, 6) is 0.857. The summed E-state index contributed by atoms with van der Waals surface area (Å²) in [7, 11) is 0. The smallest absolute Gasteiger partial charge is 0.144 e. The zero-order chi connectivity index (χ0) is 12.3. The van der Waals surface area contributed by atoms with Crippen LogP contribution >= 0.6 is 11.6 Å². The minimum atomic E-state index is 0.553. The van der Waals surface area contributed by atoms with Crippen molar-refractivity contribution in [2.75, 3.05) is 6.54 Å². The number of rotatable bonds is 3. The number of nitrogens with zero attached hydrogens (tertiary/aromatic N) is 3. The number of likely N-dealkylation sites (tertiary alicyclic amines) is 1. The van der Waals surface area contributed by atoms with Crippen LogP contribution in [-0.4, -0.2) is 27.5 Å². The molecular formula is C13H20ClN3. The Morgan fingerprint density at radius 1 is 1.41 bits per heavy atom. The summed E-state index contributed by atoms with van der Waals surface area (Å²) in [6.45, 7) is 6.21. The van der Waals surface area contributed by atoms with Gasteiger partial charge in [-0.15, -0.1) is 0 Å². The molecule has 0 N–H and O–H groups in total. The Bertz CT molecular complexity index is 361. The molecule has 3 nitrogen and oxygen atoms in total. The van der Waals surface area contributed by atoms with Gasteiger partial charge in [-0.3, -0.25) is 4.90 Å². The van der Waals surface area contributed by atoms with Crippen LogP contribution in [0.2, 0.25) is 5.15 Å². The molecule has 0 aliphatic carbocycles. The Morgan fingerprint density at radius 2 is 2.24 bits per heavy atom. The van der Waals surface area contributed by atoms with Gasteiger partial charge in [0.25, 0.3) is 0 Å². The van der Waals surface area contributed by atoms with E-state index in [-0.39, 0.29) is 0 Å². The van der Waals surface area contributed by atoms with Crippen molar-refractivity contribution in [1.29, 1.82) is 0 Å². The van der Waals surface area contributed by atoms with Gasteiger partial charge in [-0.1, -0.05) is 24.9 Å². The van der Waals surface area contributed by atoms with Gasteiger partial charge in [-0.05, 0) is 38.8 Å². The van der Waals surface area contributed by atoms with Crippen molar-refractivity contribution in [1.82, 2.24) is 14.9 Å². The van der Waals surface area contributed by atoms with Crippen LogP contribution in [0.1, 0.15) is 44.1 Å². The molecule has 0 amide bonds. The molecule has 1 saturated heterocycles. The van der Waals surface area contributed by atoms with Gasteiger partial charge in [-0.2, -0.15) is 0 Å². The highest BCUT2D eigenvalue weighted by molar-refractivity contribution is 6.29. The highest BCUT2D eigenvalue weighted by Gasteiger charge is 2.21. The predicted molar refractivity (Wildman–Crippen MR) is 70.1 cm³/mol. The van der Waals surface area contributed by atoms with Crippen molar-refractivity contribution in [3.05, 3.63) is 22.7 Å². The third-order valence-electron chi connectivity index (χ3n) is 3.43. The van der Waals surface area contributed by atoms with E-state index in [1.165, 1.54) is 25.7 Å². The standard InChI is InChI=1S/C13H20ClN3/c1-3-11-6-4-5-7-17(11)9-13-15-10(2)8-12(14)16-13/h8,11H,3-7,9H2,1-2H3. The highest BCUT2D eigenvalue weighted by Crippen LogP contribution is 2.21. The van der Waals surface area contributed by atoms with Crippen molar-refractivity contribution in [3.8, 4) is 0 Å². The first kappa shape index (κ1) is 12.8. The summed E-state index contributed by atoms with van der Waals surface area (Å²) < 4.78 is 0. The van der Waals surface area contributed by atoms with Gasteiger partial charge in [0.1, 0.15) is 11.0 Å². The molecule has 1 aromatic heterocycles. The normalized spacial score (nSPS) is 21.7. The van der Waals surface area contributed by atoms with Gasteiger partial charge in [0, 0.05) is 11.7 Å². The SMILES string of the molecule is CCC1CCCCN1Cc1nc(C)cc(Cl)n1. The highest BCUT2D eigenvalue weighted by atomic mass is 35.5. The summed E-state index contributed by atoms with van der Waals surface area (Å²) in [5.41, 5.74) is 0.949. The molecule has 1 aromatic rings. The largest absolute Gasteiger partial charge is 0.293 e. The van der Waals surface area contributed by atoms with E-state index in [2.05, 4.69) is 21.8 Å². The molecule has 1 fully saturated rings. The van der Waals surface area contributed by atoms with Crippen LogP contribution in [0.5, 0.6) is 0 Å². The predicted octanol–water partition coefficient (Wildman–Crippen LogP) is 3.20. The van der Waals surface area contributed by atoms with Gasteiger partial charge in [0.05, 0.1) is 6.54 Å². The topological polar surface area (TPSA) is 29.0 Å². The first-order chi connectivity index (χ1) is 8.19. The first-order valence-electron chi connectivity index (χ1n) is 6.43. The summed E-state index contributed by atoms with van der Waals surface area (Å²) >= 11 is 5.97. The molecule has 17 heavy (non-hydrogen) atoms. The summed E-state index contributed by atoms with van der Waals surface area (Å²) in [6, 6.07) is 2.49. The summed E-state index contributed by atoms with van der Waals surface area (Å²) in [5, 5.41) is 0.553. The monoisotopic (exact) mass is 253 g/mol. The van der Waals surface area contributed by atoms with Gasteiger partial charge in [0.15, 0.2) is 0 Å². The maximum atomic E-state index is 5.97. The zero-order valence-corrected chi connectivity index (χ0v) is 11.4. The van der Waals surface area contributed by atoms with Crippen LogP contribution < -0.4 is 0 Å². The van der Waals surface area contributed by atoms with E-state index < -0.39 is 0 Å². The number of hydrogen-bond acceptors (Lipinski definition) is 3. The molecule has 1 aliphatic rings. The lowest BCUT2D eigenvalue weighted by Gasteiger charge is -2.34. The van der Waals surface area contributed by atoms with E-state index in [0.717, 1.165) is 24.6 Å². The van der Waals surface area contributed by atoms with Crippen molar-refractivity contribution >= 4 is 11.6 Å². The third-order valence-corrected chi connectivity index (χ3v) is 3.63. The third kappa shape index (κ3) is 3.39. The van der Waals surface area contributed by atoms with Gasteiger partial charge < -0.3 is 0 Å². The van der Waals surface area contributed by atoms with Crippen LogP contribution in [0.3, 0.4) is 0 Å². The second kappa shape index (κ2) is 5.78. The Hall–Kier alpha value is -0.670. The lowest BCUT2D eigenvalue weighted by molar-refractivity contribution is 0.132. The molecule has 0 radical (unpaired) electrons. The van der Waals surface area contributed by atoms with Crippen molar-refractivity contribution in [3.63, 3.8) is 0 Å². The van der Waals surface area contributed by atoms with E-state index in [1.807, 2.05) is 6.92 Å². The maximum Gasteiger partial charge on any atom is 0.144 e. The van der Waals surface area contributed by atoms with Crippen molar-refractivity contribution in [2.45, 2.75) is 52.1 Å². The molecule has 0 aromatic carbocycles. The summed E-state index contributed by atoms with van der Waals surface area (Å²) in [4.78, 5) is 11.3. The van der Waals surface area contributed by atoms with E-state index in [9.17, 15) is 0 Å². The van der Waals surface area contributed by atoms with E-state index >= 15 is 0 Å². The Labute approximate surface area is 108 Å². The molecule has 4 heteroatoms. The number of piperidine rings is 1. The minimum Gasteiger partial charge on any atom is -0.293 e. The quantitative estimate of drug-likeness (QED) is 0.775. The Morgan fingerprint density at radius 3 is 2.94 bits per heavy atom. The second-order valence-corrected chi connectivity index (χ2v) is 5.16. The zero-order valence-electron chi connectivity index (χ0n) is 10.6. The molecule has 94 valence electrons. The average molecular weight is 254 g/mol. The molecule has 0 saturated carbocycles. The van der Waals surface area contributed by atoms with Gasteiger partial charge in [-0.25, -0.2) is 9.97 Å². The fourth-order valence-corrected chi connectivity index (χ4v) is 2.83. The average Bonchev–Trinajstić information content (AvgIpc) is 2.28. The number of aromatic nitrogens is 2. The number of aryl methyl sites for hydroxylation is 1. The van der Waals surface area contributed by atoms with Gasteiger partial charge in [0.2, 0.25) is 0 Å².